The summed E-state index contributed by atoms with van der Waals surface area (Å²) in [7, 11) is 1.64. The second-order valence-corrected chi connectivity index (χ2v) is 5.80. The van der Waals surface area contributed by atoms with Crippen LogP contribution < -0.4 is 5.73 Å². The molecule has 1 aromatic carbocycles. The van der Waals surface area contributed by atoms with E-state index in [2.05, 4.69) is 10.1 Å². The van der Waals surface area contributed by atoms with Crippen LogP contribution in [0.5, 0.6) is 0 Å². The van der Waals surface area contributed by atoms with Gasteiger partial charge in [0.1, 0.15) is 12.6 Å². The van der Waals surface area contributed by atoms with Crippen LogP contribution in [0.15, 0.2) is 24.3 Å². The zero-order chi connectivity index (χ0) is 15.7. The van der Waals surface area contributed by atoms with E-state index in [4.69, 9.17) is 22.1 Å². The summed E-state index contributed by atoms with van der Waals surface area (Å²) < 4.78 is 7.07. The molecule has 1 aromatic heterocycles. The third-order valence-electron chi connectivity index (χ3n) is 3.68. The van der Waals surface area contributed by atoms with Crippen molar-refractivity contribution in [1.82, 2.24) is 14.8 Å². The van der Waals surface area contributed by atoms with Crippen molar-refractivity contribution in [3.05, 3.63) is 35.1 Å². The van der Waals surface area contributed by atoms with E-state index in [0.29, 0.717) is 22.6 Å². The zero-order valence-corrected chi connectivity index (χ0v) is 13.0. The summed E-state index contributed by atoms with van der Waals surface area (Å²) in [6, 6.07) is 7.33. The zero-order valence-electron chi connectivity index (χ0n) is 12.2. The van der Waals surface area contributed by atoms with Gasteiger partial charge in [-0.3, -0.25) is 4.79 Å². The van der Waals surface area contributed by atoms with Crippen LogP contribution in [-0.2, 0) is 16.1 Å². The van der Waals surface area contributed by atoms with E-state index >= 15 is 0 Å². The molecule has 0 radical (unpaired) electrons. The number of nitrogens with zero attached hydrogens (tertiary/aromatic N) is 3. The number of nitrogens with two attached hydrogens (primary N) is 1. The minimum atomic E-state index is -0.470. The topological polar surface area (TPSA) is 83.0 Å². The number of hydrogen-bond donors (Lipinski definition) is 1. The fraction of sp³-hybridized carbons (Fsp3) is 0.400. The van der Waals surface area contributed by atoms with Crippen molar-refractivity contribution >= 4 is 17.5 Å². The minimum absolute atomic E-state index is 0.0284. The van der Waals surface area contributed by atoms with Gasteiger partial charge in [-0.15, -0.1) is 0 Å². The van der Waals surface area contributed by atoms with E-state index in [0.717, 1.165) is 18.4 Å². The fourth-order valence-electron chi connectivity index (χ4n) is 2.49. The van der Waals surface area contributed by atoms with Crippen molar-refractivity contribution in [3.63, 3.8) is 0 Å². The Balaban J connectivity index is 2.04. The molecule has 3 rings (SSSR count). The number of methoxy groups -OCH3 is 1. The molecule has 2 N–H and O–H groups in total. The van der Waals surface area contributed by atoms with Gasteiger partial charge in [-0.25, -0.2) is 9.67 Å². The molecule has 0 bridgehead atoms. The number of aromatic nitrogens is 3. The van der Waals surface area contributed by atoms with Crippen molar-refractivity contribution in [2.24, 2.45) is 11.7 Å². The summed E-state index contributed by atoms with van der Waals surface area (Å²) in [4.78, 5) is 15.9. The quantitative estimate of drug-likeness (QED) is 0.884. The van der Waals surface area contributed by atoms with Gasteiger partial charge in [0, 0.05) is 12.7 Å². The van der Waals surface area contributed by atoms with Crippen LogP contribution in [0.4, 0.5) is 0 Å². The van der Waals surface area contributed by atoms with E-state index in [-0.39, 0.29) is 12.6 Å². The standard InChI is InChI=1S/C15H17ClN4O2/c1-22-13(9-6-7-9)15-18-14(19-20(15)8-12(17)21)10-4-2-3-5-11(10)16/h2-5,9,13H,6-8H2,1H3,(H2,17,21). The van der Waals surface area contributed by atoms with Crippen LogP contribution in [0.25, 0.3) is 11.4 Å². The number of rotatable bonds is 6. The van der Waals surface area contributed by atoms with Crippen molar-refractivity contribution < 1.29 is 9.53 Å². The van der Waals surface area contributed by atoms with Crippen molar-refractivity contribution in [3.8, 4) is 11.4 Å². The molecule has 1 atom stereocenters. The van der Waals surface area contributed by atoms with Crippen LogP contribution in [-0.4, -0.2) is 27.8 Å². The number of carbonyl (C=O) groups is 1. The van der Waals surface area contributed by atoms with Crippen LogP contribution in [0, 0.1) is 5.92 Å². The summed E-state index contributed by atoms with van der Waals surface area (Å²) in [6.45, 7) is -0.0284. The molecule has 7 heteroatoms. The summed E-state index contributed by atoms with van der Waals surface area (Å²) >= 11 is 6.20. The second-order valence-electron chi connectivity index (χ2n) is 5.39. The van der Waals surface area contributed by atoms with Gasteiger partial charge in [-0.1, -0.05) is 23.7 Å². The Hall–Kier alpha value is -1.92. The first kappa shape index (κ1) is 15.0. The van der Waals surface area contributed by atoms with Crippen LogP contribution in [0.2, 0.25) is 5.02 Å². The first-order valence-corrected chi connectivity index (χ1v) is 7.48. The number of halogens is 1. The van der Waals surface area contributed by atoms with E-state index < -0.39 is 5.91 Å². The Kier molecular flexibility index (Phi) is 4.13. The number of amides is 1. The Morgan fingerprint density at radius 2 is 2.23 bits per heavy atom. The van der Waals surface area contributed by atoms with Crippen LogP contribution in [0.3, 0.4) is 0 Å². The fourth-order valence-corrected chi connectivity index (χ4v) is 2.71. The van der Waals surface area contributed by atoms with Gasteiger partial charge < -0.3 is 10.5 Å². The van der Waals surface area contributed by atoms with Gasteiger partial charge >= 0.3 is 0 Å². The van der Waals surface area contributed by atoms with E-state index in [1.165, 1.54) is 4.68 Å². The summed E-state index contributed by atoms with van der Waals surface area (Å²) in [6.07, 6.45) is 2.00. The highest BCUT2D eigenvalue weighted by atomic mass is 35.5. The number of ether oxygens (including phenoxy) is 1. The first-order chi connectivity index (χ1) is 10.6. The molecule has 1 heterocycles. The summed E-state index contributed by atoms with van der Waals surface area (Å²) in [5.74, 6) is 1.05. The third-order valence-corrected chi connectivity index (χ3v) is 4.01. The Bertz CT molecular complexity index is 697. The number of primary amides is 1. The van der Waals surface area contributed by atoms with Crippen molar-refractivity contribution in [2.45, 2.75) is 25.5 Å². The third kappa shape index (κ3) is 2.98. The molecule has 22 heavy (non-hydrogen) atoms. The molecule has 1 fully saturated rings. The van der Waals surface area contributed by atoms with Crippen molar-refractivity contribution in [2.75, 3.05) is 7.11 Å². The van der Waals surface area contributed by atoms with Crippen LogP contribution >= 0.6 is 11.6 Å². The van der Waals surface area contributed by atoms with Crippen molar-refractivity contribution in [1.29, 1.82) is 0 Å². The van der Waals surface area contributed by atoms with Gasteiger partial charge in [0.25, 0.3) is 0 Å². The molecular formula is C15H17ClN4O2. The highest BCUT2D eigenvalue weighted by molar-refractivity contribution is 6.33. The lowest BCUT2D eigenvalue weighted by atomic mass is 10.2. The SMILES string of the molecule is COC(c1nc(-c2ccccc2Cl)nn1CC(N)=O)C1CC1. The Morgan fingerprint density at radius 3 is 2.82 bits per heavy atom. The molecule has 116 valence electrons. The van der Waals surface area contributed by atoms with Gasteiger partial charge in [0.05, 0.1) is 5.02 Å². The predicted molar refractivity (Wildman–Crippen MR) is 82.1 cm³/mol. The minimum Gasteiger partial charge on any atom is -0.373 e. The highest BCUT2D eigenvalue weighted by Gasteiger charge is 2.36. The average molecular weight is 321 g/mol. The lowest BCUT2D eigenvalue weighted by Crippen LogP contribution is -2.23. The maximum Gasteiger partial charge on any atom is 0.239 e. The number of carbonyl (C=O) groups excluding carboxylic acids is 1. The van der Waals surface area contributed by atoms with Gasteiger partial charge in [0.2, 0.25) is 5.91 Å². The first-order valence-electron chi connectivity index (χ1n) is 7.11. The molecular weight excluding hydrogens is 304 g/mol. The normalized spacial score (nSPS) is 15.7. The van der Waals surface area contributed by atoms with Gasteiger partial charge in [-0.05, 0) is 30.9 Å². The smallest absolute Gasteiger partial charge is 0.239 e. The summed E-state index contributed by atoms with van der Waals surface area (Å²) in [5, 5.41) is 4.96. The van der Waals surface area contributed by atoms with E-state index in [1.54, 1.807) is 13.2 Å². The second kappa shape index (κ2) is 6.06. The molecule has 1 amide bonds. The number of hydrogen-bond acceptors (Lipinski definition) is 4. The Morgan fingerprint density at radius 1 is 1.50 bits per heavy atom. The largest absolute Gasteiger partial charge is 0.373 e. The molecule has 1 saturated carbocycles. The molecule has 0 saturated heterocycles. The lowest BCUT2D eigenvalue weighted by Gasteiger charge is -2.13. The Labute approximate surface area is 133 Å². The number of benzene rings is 1. The van der Waals surface area contributed by atoms with E-state index in [1.807, 2.05) is 18.2 Å². The molecule has 0 spiro atoms. The monoisotopic (exact) mass is 320 g/mol. The predicted octanol–water partition coefficient (Wildman–Crippen LogP) is 2.18. The van der Waals surface area contributed by atoms with Gasteiger partial charge in [-0.2, -0.15) is 5.10 Å². The average Bonchev–Trinajstić information content (AvgIpc) is 3.23. The maximum atomic E-state index is 11.3. The maximum absolute atomic E-state index is 11.3. The highest BCUT2D eigenvalue weighted by Crippen LogP contribution is 2.42. The van der Waals surface area contributed by atoms with E-state index in [9.17, 15) is 4.79 Å². The molecule has 6 nitrogen and oxygen atoms in total. The molecule has 1 unspecified atom stereocenters. The summed E-state index contributed by atoms with van der Waals surface area (Å²) in [5.41, 5.74) is 6.03. The van der Waals surface area contributed by atoms with Gasteiger partial charge in [0.15, 0.2) is 11.6 Å². The molecule has 2 aromatic rings. The molecule has 1 aliphatic carbocycles. The lowest BCUT2D eigenvalue weighted by molar-refractivity contribution is -0.118. The molecule has 1 aliphatic rings. The van der Waals surface area contributed by atoms with Crippen LogP contribution in [0.1, 0.15) is 24.8 Å². The molecule has 0 aliphatic heterocycles.